The molecule has 0 unspecified atom stereocenters. The predicted octanol–water partition coefficient (Wildman–Crippen LogP) is 3.50. The summed E-state index contributed by atoms with van der Waals surface area (Å²) in [5.74, 6) is -0.762. The van der Waals surface area contributed by atoms with E-state index in [1.54, 1.807) is 43.3 Å². The second kappa shape index (κ2) is 7.40. The summed E-state index contributed by atoms with van der Waals surface area (Å²) in [6.45, 7) is 1.80. The average Bonchev–Trinajstić information content (AvgIpc) is 2.55. The number of rotatable bonds is 4. The van der Waals surface area contributed by atoms with E-state index in [4.69, 9.17) is 0 Å². The Morgan fingerprint density at radius 1 is 1.04 bits per heavy atom. The first-order valence-electron chi connectivity index (χ1n) is 7.01. The lowest BCUT2D eigenvalue weighted by Gasteiger charge is -2.15. The number of carbonyl (C=O) groups is 2. The molecular formula is C17H17FN2O3. The summed E-state index contributed by atoms with van der Waals surface area (Å²) >= 11 is 0. The molecule has 23 heavy (non-hydrogen) atoms. The van der Waals surface area contributed by atoms with Gasteiger partial charge in [0.2, 0.25) is 0 Å². The summed E-state index contributed by atoms with van der Waals surface area (Å²) in [5, 5.41) is 5.41. The van der Waals surface area contributed by atoms with E-state index in [1.165, 1.54) is 19.2 Å². The monoisotopic (exact) mass is 316 g/mol. The van der Waals surface area contributed by atoms with Crippen molar-refractivity contribution in [2.75, 3.05) is 12.4 Å². The number of carbonyl (C=O) groups excluding carboxylic acids is 2. The number of halogens is 1. The summed E-state index contributed by atoms with van der Waals surface area (Å²) in [6, 6.07) is 11.6. The van der Waals surface area contributed by atoms with E-state index in [9.17, 15) is 14.0 Å². The number of hydrogen-bond donors (Lipinski definition) is 2. The molecule has 0 spiro atoms. The van der Waals surface area contributed by atoms with E-state index in [-0.39, 0.29) is 11.9 Å². The van der Waals surface area contributed by atoms with Gasteiger partial charge in [-0.25, -0.2) is 14.0 Å². The second-order valence-electron chi connectivity index (χ2n) is 4.94. The van der Waals surface area contributed by atoms with Crippen molar-refractivity contribution in [3.8, 4) is 0 Å². The van der Waals surface area contributed by atoms with Crippen LogP contribution in [0.4, 0.5) is 14.9 Å². The minimum absolute atomic E-state index is 0.273. The molecule has 2 N–H and O–H groups in total. The van der Waals surface area contributed by atoms with Crippen molar-refractivity contribution in [2.45, 2.75) is 13.0 Å². The number of methoxy groups -OCH3 is 1. The molecule has 2 aromatic rings. The van der Waals surface area contributed by atoms with Crippen LogP contribution < -0.4 is 10.6 Å². The summed E-state index contributed by atoms with van der Waals surface area (Å²) in [6.07, 6.45) is 0. The fourth-order valence-corrected chi connectivity index (χ4v) is 2.01. The van der Waals surface area contributed by atoms with Gasteiger partial charge in [0.05, 0.1) is 18.7 Å². The molecule has 2 amide bonds. The fraction of sp³-hybridized carbons (Fsp3) is 0.176. The zero-order valence-corrected chi connectivity index (χ0v) is 12.8. The Labute approximate surface area is 133 Å². The van der Waals surface area contributed by atoms with Gasteiger partial charge >= 0.3 is 12.0 Å². The molecule has 0 fully saturated rings. The van der Waals surface area contributed by atoms with E-state index < -0.39 is 12.0 Å². The van der Waals surface area contributed by atoms with E-state index in [2.05, 4.69) is 15.4 Å². The fourth-order valence-electron chi connectivity index (χ4n) is 2.01. The van der Waals surface area contributed by atoms with Gasteiger partial charge in [-0.3, -0.25) is 0 Å². The van der Waals surface area contributed by atoms with Crippen molar-refractivity contribution in [2.24, 2.45) is 0 Å². The van der Waals surface area contributed by atoms with Crippen LogP contribution in [0.5, 0.6) is 0 Å². The highest BCUT2D eigenvalue weighted by Crippen LogP contribution is 2.14. The number of urea groups is 1. The van der Waals surface area contributed by atoms with Crippen molar-refractivity contribution in [3.05, 3.63) is 65.5 Å². The Balaban J connectivity index is 1.93. The minimum atomic E-state index is -0.439. The van der Waals surface area contributed by atoms with Gasteiger partial charge in [0.15, 0.2) is 0 Å². The van der Waals surface area contributed by atoms with Crippen LogP contribution in [0, 0.1) is 5.82 Å². The van der Waals surface area contributed by atoms with Crippen molar-refractivity contribution in [1.82, 2.24) is 5.32 Å². The lowest BCUT2D eigenvalue weighted by Crippen LogP contribution is -2.31. The Morgan fingerprint density at radius 2 is 1.65 bits per heavy atom. The van der Waals surface area contributed by atoms with Crippen molar-refractivity contribution < 1.29 is 18.7 Å². The van der Waals surface area contributed by atoms with Gasteiger partial charge in [-0.05, 0) is 48.9 Å². The average molecular weight is 316 g/mol. The van der Waals surface area contributed by atoms with Crippen molar-refractivity contribution in [1.29, 1.82) is 0 Å². The van der Waals surface area contributed by atoms with Gasteiger partial charge in [-0.1, -0.05) is 12.1 Å². The molecular weight excluding hydrogens is 299 g/mol. The number of hydrogen-bond acceptors (Lipinski definition) is 3. The number of ether oxygens (including phenoxy) is 1. The maximum absolute atomic E-state index is 12.9. The quantitative estimate of drug-likeness (QED) is 0.848. The normalized spacial score (nSPS) is 11.4. The van der Waals surface area contributed by atoms with Crippen LogP contribution in [0.25, 0.3) is 0 Å². The highest BCUT2D eigenvalue weighted by molar-refractivity contribution is 5.92. The number of nitrogens with one attached hydrogen (secondary N) is 2. The number of amides is 2. The summed E-state index contributed by atoms with van der Waals surface area (Å²) in [5.41, 5.74) is 1.74. The molecule has 6 heteroatoms. The third kappa shape index (κ3) is 4.54. The maximum atomic E-state index is 12.9. The Morgan fingerprint density at radius 3 is 2.22 bits per heavy atom. The maximum Gasteiger partial charge on any atom is 0.337 e. The summed E-state index contributed by atoms with van der Waals surface area (Å²) in [7, 11) is 1.30. The van der Waals surface area contributed by atoms with Crippen LogP contribution in [0.3, 0.4) is 0 Å². The molecule has 0 saturated heterocycles. The third-order valence-corrected chi connectivity index (χ3v) is 3.28. The number of benzene rings is 2. The van der Waals surface area contributed by atoms with E-state index in [0.29, 0.717) is 11.3 Å². The lowest BCUT2D eigenvalue weighted by atomic mass is 10.1. The van der Waals surface area contributed by atoms with Gasteiger partial charge in [-0.2, -0.15) is 0 Å². The first kappa shape index (κ1) is 16.5. The molecule has 2 aromatic carbocycles. The largest absolute Gasteiger partial charge is 0.465 e. The minimum Gasteiger partial charge on any atom is -0.465 e. The Hall–Kier alpha value is -2.89. The van der Waals surface area contributed by atoms with Gasteiger partial charge in [-0.15, -0.1) is 0 Å². The van der Waals surface area contributed by atoms with Crippen LogP contribution in [0.15, 0.2) is 48.5 Å². The summed E-state index contributed by atoms with van der Waals surface area (Å²) in [4.78, 5) is 23.3. The Kier molecular flexibility index (Phi) is 5.30. The first-order chi connectivity index (χ1) is 11.0. The second-order valence-corrected chi connectivity index (χ2v) is 4.94. The molecule has 0 bridgehead atoms. The smallest absolute Gasteiger partial charge is 0.337 e. The molecule has 5 nitrogen and oxygen atoms in total. The van der Waals surface area contributed by atoms with Crippen LogP contribution in [0.2, 0.25) is 0 Å². The van der Waals surface area contributed by atoms with Gasteiger partial charge < -0.3 is 15.4 Å². The number of anilines is 1. The van der Waals surface area contributed by atoms with Gasteiger partial charge in [0, 0.05) is 5.69 Å². The molecule has 0 aliphatic rings. The van der Waals surface area contributed by atoms with Crippen LogP contribution in [0.1, 0.15) is 28.9 Å². The number of esters is 1. The van der Waals surface area contributed by atoms with Crippen molar-refractivity contribution >= 4 is 17.7 Å². The molecule has 0 heterocycles. The van der Waals surface area contributed by atoms with Crippen molar-refractivity contribution in [3.63, 3.8) is 0 Å². The van der Waals surface area contributed by atoms with E-state index >= 15 is 0 Å². The molecule has 2 rings (SSSR count). The third-order valence-electron chi connectivity index (χ3n) is 3.28. The molecule has 0 saturated carbocycles. The topological polar surface area (TPSA) is 67.4 Å². The lowest BCUT2D eigenvalue weighted by molar-refractivity contribution is 0.0600. The van der Waals surface area contributed by atoms with Gasteiger partial charge in [0.1, 0.15) is 5.82 Å². The molecule has 0 aliphatic carbocycles. The molecule has 120 valence electrons. The molecule has 1 atom stereocenters. The predicted molar refractivity (Wildman–Crippen MR) is 84.8 cm³/mol. The Bertz CT molecular complexity index is 684. The zero-order chi connectivity index (χ0) is 16.8. The standard InChI is InChI=1S/C17H17FN2O3/c1-11(12-3-7-14(18)8-4-12)19-17(22)20-15-9-5-13(6-10-15)16(21)23-2/h3-11H,1-2H3,(H2,19,20,22)/t11-/m0/s1. The zero-order valence-electron chi connectivity index (χ0n) is 12.8. The highest BCUT2D eigenvalue weighted by atomic mass is 19.1. The van der Waals surface area contributed by atoms with Gasteiger partial charge in [0.25, 0.3) is 0 Å². The van der Waals surface area contributed by atoms with E-state index in [1.807, 2.05) is 0 Å². The SMILES string of the molecule is COC(=O)c1ccc(NC(=O)N[C@@H](C)c2ccc(F)cc2)cc1. The summed E-state index contributed by atoms with van der Waals surface area (Å²) < 4.78 is 17.5. The first-order valence-corrected chi connectivity index (χ1v) is 7.01. The molecule has 0 aromatic heterocycles. The highest BCUT2D eigenvalue weighted by Gasteiger charge is 2.10. The molecule has 0 aliphatic heterocycles. The van der Waals surface area contributed by atoms with Crippen LogP contribution >= 0.6 is 0 Å². The van der Waals surface area contributed by atoms with Crippen LogP contribution in [-0.4, -0.2) is 19.1 Å². The van der Waals surface area contributed by atoms with Crippen LogP contribution in [-0.2, 0) is 4.74 Å². The van der Waals surface area contributed by atoms with E-state index in [0.717, 1.165) is 5.56 Å². The molecule has 0 radical (unpaired) electrons.